The molecule has 168 valence electrons. The first kappa shape index (κ1) is 20.6. The average molecular weight is 446 g/mol. The molecule has 5 rings (SSSR count). The van der Waals surface area contributed by atoms with E-state index in [1.54, 1.807) is 54.1 Å². The Morgan fingerprint density at radius 1 is 1.03 bits per heavy atom. The first-order valence-corrected chi connectivity index (χ1v) is 10.4. The van der Waals surface area contributed by atoms with Gasteiger partial charge < -0.3 is 19.4 Å². The van der Waals surface area contributed by atoms with Gasteiger partial charge in [0.2, 0.25) is 12.7 Å². The zero-order valence-corrected chi connectivity index (χ0v) is 18.4. The molecule has 0 bridgehead atoms. The predicted octanol–water partition coefficient (Wildman–Crippen LogP) is 2.48. The number of nitrogens with zero attached hydrogens (tertiary/aromatic N) is 3. The second-order valence-electron chi connectivity index (χ2n) is 8.04. The first-order valence-electron chi connectivity index (χ1n) is 10.4. The van der Waals surface area contributed by atoms with Gasteiger partial charge in [-0.1, -0.05) is 12.1 Å². The van der Waals surface area contributed by atoms with Crippen LogP contribution < -0.4 is 26.0 Å². The standard InChI is InChI=1S/C24H22N4O5/c1-14-5-4-6-17(9-14)28-23(30)22-18(10-15(2)26(22)3)27(24(28)31)12-21(29)25-16-7-8-19-20(11-16)33-13-32-19/h4-11H,12-13H2,1-3H3,(H,25,29). The maximum atomic E-state index is 13.5. The van der Waals surface area contributed by atoms with Crippen LogP contribution in [0.4, 0.5) is 5.69 Å². The molecule has 0 unspecified atom stereocenters. The molecule has 0 saturated heterocycles. The molecule has 0 atom stereocenters. The van der Waals surface area contributed by atoms with E-state index in [2.05, 4.69) is 5.32 Å². The zero-order valence-electron chi connectivity index (χ0n) is 18.4. The number of rotatable bonds is 4. The van der Waals surface area contributed by atoms with E-state index >= 15 is 0 Å². The fourth-order valence-electron chi connectivity index (χ4n) is 4.05. The summed E-state index contributed by atoms with van der Waals surface area (Å²) < 4.78 is 14.8. The van der Waals surface area contributed by atoms with E-state index in [1.807, 2.05) is 19.9 Å². The molecule has 0 radical (unpaired) electrons. The van der Waals surface area contributed by atoms with E-state index < -0.39 is 17.2 Å². The van der Waals surface area contributed by atoms with Crippen molar-refractivity contribution in [3.63, 3.8) is 0 Å². The van der Waals surface area contributed by atoms with Gasteiger partial charge in [-0.15, -0.1) is 0 Å². The van der Waals surface area contributed by atoms with Gasteiger partial charge in [0.25, 0.3) is 5.56 Å². The Morgan fingerprint density at radius 2 is 1.82 bits per heavy atom. The smallest absolute Gasteiger partial charge is 0.336 e. The van der Waals surface area contributed by atoms with Crippen molar-refractivity contribution in [3.8, 4) is 17.2 Å². The number of ether oxygens (including phenoxy) is 2. The monoisotopic (exact) mass is 446 g/mol. The van der Waals surface area contributed by atoms with Gasteiger partial charge in [0.05, 0.1) is 11.2 Å². The van der Waals surface area contributed by atoms with Crippen molar-refractivity contribution < 1.29 is 14.3 Å². The number of carbonyl (C=O) groups excluding carboxylic acids is 1. The second-order valence-corrected chi connectivity index (χ2v) is 8.04. The number of fused-ring (bicyclic) bond motifs is 2. The number of amides is 1. The lowest BCUT2D eigenvalue weighted by Crippen LogP contribution is -2.41. The van der Waals surface area contributed by atoms with Crippen LogP contribution in [-0.4, -0.2) is 26.4 Å². The van der Waals surface area contributed by atoms with Crippen LogP contribution in [0.3, 0.4) is 0 Å². The Balaban J connectivity index is 1.60. The number of anilines is 1. The molecule has 0 aliphatic carbocycles. The molecular weight excluding hydrogens is 424 g/mol. The number of carbonyl (C=O) groups is 1. The topological polar surface area (TPSA) is 96.5 Å². The van der Waals surface area contributed by atoms with Gasteiger partial charge in [0.1, 0.15) is 12.1 Å². The van der Waals surface area contributed by atoms with Gasteiger partial charge in [0, 0.05) is 24.5 Å². The number of nitrogens with one attached hydrogen (secondary N) is 1. The lowest BCUT2D eigenvalue weighted by Gasteiger charge is -2.13. The van der Waals surface area contributed by atoms with E-state index in [-0.39, 0.29) is 13.3 Å². The largest absolute Gasteiger partial charge is 0.454 e. The third-order valence-corrected chi connectivity index (χ3v) is 5.79. The van der Waals surface area contributed by atoms with Crippen LogP contribution in [0.5, 0.6) is 11.5 Å². The molecule has 1 amide bonds. The highest BCUT2D eigenvalue weighted by Crippen LogP contribution is 2.34. The lowest BCUT2D eigenvalue weighted by atomic mass is 10.2. The highest BCUT2D eigenvalue weighted by atomic mass is 16.7. The Labute approximate surface area is 188 Å². The average Bonchev–Trinajstić information content (AvgIpc) is 3.35. The number of aromatic nitrogens is 3. The lowest BCUT2D eigenvalue weighted by molar-refractivity contribution is -0.116. The summed E-state index contributed by atoms with van der Waals surface area (Å²) in [6.45, 7) is 3.60. The molecular formula is C24H22N4O5. The second kappa shape index (κ2) is 7.70. The van der Waals surface area contributed by atoms with Crippen LogP contribution in [0.1, 0.15) is 11.3 Å². The van der Waals surface area contributed by atoms with Gasteiger partial charge in [-0.05, 0) is 49.7 Å². The van der Waals surface area contributed by atoms with Gasteiger partial charge in [-0.25, -0.2) is 9.36 Å². The van der Waals surface area contributed by atoms with Crippen LogP contribution in [-0.2, 0) is 18.4 Å². The van der Waals surface area contributed by atoms with Crippen molar-refractivity contribution in [2.75, 3.05) is 12.1 Å². The number of benzene rings is 2. The molecule has 9 nitrogen and oxygen atoms in total. The molecule has 1 N–H and O–H groups in total. The summed E-state index contributed by atoms with van der Waals surface area (Å²) in [5.41, 5.74) is 2.44. The van der Waals surface area contributed by atoms with Crippen LogP contribution in [0, 0.1) is 13.8 Å². The van der Waals surface area contributed by atoms with Crippen LogP contribution in [0.2, 0.25) is 0 Å². The van der Waals surface area contributed by atoms with Gasteiger partial charge in [-0.3, -0.25) is 14.2 Å². The fourth-order valence-corrected chi connectivity index (χ4v) is 4.05. The van der Waals surface area contributed by atoms with Crippen LogP contribution in [0.25, 0.3) is 16.7 Å². The van der Waals surface area contributed by atoms with E-state index in [1.165, 1.54) is 4.57 Å². The molecule has 9 heteroatoms. The minimum Gasteiger partial charge on any atom is -0.454 e. The number of hydrogen-bond acceptors (Lipinski definition) is 5. The highest BCUT2D eigenvalue weighted by Gasteiger charge is 2.21. The van der Waals surface area contributed by atoms with Crippen molar-refractivity contribution in [2.45, 2.75) is 20.4 Å². The Bertz CT molecular complexity index is 1540. The summed E-state index contributed by atoms with van der Waals surface area (Å²) in [5.74, 6) is 0.739. The third-order valence-electron chi connectivity index (χ3n) is 5.79. The molecule has 1 aliphatic heterocycles. The Morgan fingerprint density at radius 3 is 2.61 bits per heavy atom. The van der Waals surface area contributed by atoms with E-state index in [9.17, 15) is 14.4 Å². The summed E-state index contributed by atoms with van der Waals surface area (Å²) in [6, 6.07) is 14.0. The molecule has 33 heavy (non-hydrogen) atoms. The maximum absolute atomic E-state index is 13.5. The van der Waals surface area contributed by atoms with E-state index in [0.29, 0.717) is 33.9 Å². The van der Waals surface area contributed by atoms with Crippen molar-refractivity contribution in [1.82, 2.24) is 13.7 Å². The Hall–Kier alpha value is -4.27. The van der Waals surface area contributed by atoms with Crippen molar-refractivity contribution >= 4 is 22.6 Å². The molecule has 0 saturated carbocycles. The Kier molecular flexibility index (Phi) is 4.81. The quantitative estimate of drug-likeness (QED) is 0.520. The number of aryl methyl sites for hydroxylation is 3. The fraction of sp³-hybridized carbons (Fsp3) is 0.208. The molecule has 3 heterocycles. The van der Waals surface area contributed by atoms with Crippen molar-refractivity contribution in [2.24, 2.45) is 7.05 Å². The third kappa shape index (κ3) is 3.47. The molecule has 4 aromatic rings. The van der Waals surface area contributed by atoms with Crippen LogP contribution >= 0.6 is 0 Å². The van der Waals surface area contributed by atoms with Gasteiger partial charge >= 0.3 is 5.69 Å². The van der Waals surface area contributed by atoms with Gasteiger partial charge in [-0.2, -0.15) is 0 Å². The van der Waals surface area contributed by atoms with E-state index in [0.717, 1.165) is 15.8 Å². The summed E-state index contributed by atoms with van der Waals surface area (Å²) in [4.78, 5) is 39.7. The minimum atomic E-state index is -0.579. The highest BCUT2D eigenvalue weighted by molar-refractivity contribution is 5.92. The van der Waals surface area contributed by atoms with Gasteiger partial charge in [0.15, 0.2) is 11.5 Å². The normalized spacial score (nSPS) is 12.3. The van der Waals surface area contributed by atoms with Crippen molar-refractivity contribution in [1.29, 1.82) is 0 Å². The zero-order chi connectivity index (χ0) is 23.3. The summed E-state index contributed by atoms with van der Waals surface area (Å²) in [6.07, 6.45) is 0. The minimum absolute atomic E-state index is 0.133. The molecule has 0 spiro atoms. The number of hydrogen-bond donors (Lipinski definition) is 1. The SMILES string of the molecule is Cc1cccc(-n2c(=O)c3c(cc(C)n3C)n(CC(=O)Nc3ccc4c(c3)OCO4)c2=O)c1. The summed E-state index contributed by atoms with van der Waals surface area (Å²) >= 11 is 0. The van der Waals surface area contributed by atoms with E-state index in [4.69, 9.17) is 9.47 Å². The molecule has 1 aliphatic rings. The molecule has 2 aromatic heterocycles. The molecule has 0 fully saturated rings. The molecule has 2 aromatic carbocycles. The summed E-state index contributed by atoms with van der Waals surface area (Å²) in [7, 11) is 1.77. The summed E-state index contributed by atoms with van der Waals surface area (Å²) in [5, 5.41) is 2.79. The first-order chi connectivity index (χ1) is 15.8. The van der Waals surface area contributed by atoms with Crippen molar-refractivity contribution in [3.05, 3.63) is 80.6 Å². The van der Waals surface area contributed by atoms with Crippen LogP contribution in [0.15, 0.2) is 58.1 Å². The predicted molar refractivity (Wildman–Crippen MR) is 123 cm³/mol. The maximum Gasteiger partial charge on any atom is 0.336 e.